The quantitative estimate of drug-likeness (QED) is 0.669. The molecule has 2 heterocycles. The number of hydrogen-bond donors (Lipinski definition) is 1. The van der Waals surface area contributed by atoms with E-state index in [0.29, 0.717) is 26.2 Å². The summed E-state index contributed by atoms with van der Waals surface area (Å²) in [6.07, 6.45) is -3.34. The van der Waals surface area contributed by atoms with Gasteiger partial charge in [-0.3, -0.25) is 4.79 Å². The first-order chi connectivity index (χ1) is 9.91. The van der Waals surface area contributed by atoms with Gasteiger partial charge >= 0.3 is 12.6 Å². The molecule has 0 amide bonds. The largest absolute Gasteiger partial charge is 0.420 e. The number of nitrogens with zero attached hydrogens (tertiary/aromatic N) is 3. The lowest BCUT2D eigenvalue weighted by atomic mass is 10.2. The van der Waals surface area contributed by atoms with Crippen molar-refractivity contribution in [1.29, 1.82) is 0 Å². The Morgan fingerprint density at radius 3 is 2.57 bits per heavy atom. The minimum Gasteiger partial charge on any atom is -0.354 e. The van der Waals surface area contributed by atoms with Gasteiger partial charge in [-0.15, -0.1) is 0 Å². The summed E-state index contributed by atoms with van der Waals surface area (Å²) < 4.78 is 39.5. The van der Waals surface area contributed by atoms with Crippen LogP contribution < -0.4 is 10.4 Å². The van der Waals surface area contributed by atoms with E-state index < -0.39 is 11.7 Å². The average Bonchev–Trinajstić information content (AvgIpc) is 2.45. The van der Waals surface area contributed by atoms with Gasteiger partial charge < -0.3 is 14.6 Å². The van der Waals surface area contributed by atoms with E-state index in [1.54, 1.807) is 4.90 Å². The van der Waals surface area contributed by atoms with Crippen LogP contribution in [0.1, 0.15) is 5.56 Å². The van der Waals surface area contributed by atoms with Gasteiger partial charge in [0, 0.05) is 26.2 Å². The summed E-state index contributed by atoms with van der Waals surface area (Å²) in [5.74, 6) is -0.104. The number of halogens is 3. The van der Waals surface area contributed by atoms with Crippen LogP contribution in [0.3, 0.4) is 0 Å². The fraction of sp³-hybridized carbons (Fsp3) is 0.500. The van der Waals surface area contributed by atoms with E-state index in [2.05, 4.69) is 15.3 Å². The summed E-state index contributed by atoms with van der Waals surface area (Å²) in [4.78, 5) is 21.8. The molecule has 1 saturated heterocycles. The summed E-state index contributed by atoms with van der Waals surface area (Å²) in [5.41, 5.74) is 1.20. The van der Waals surface area contributed by atoms with Crippen molar-refractivity contribution in [1.82, 2.24) is 9.88 Å². The number of anilines is 2. The fourth-order valence-electron chi connectivity index (χ4n) is 2.08. The lowest BCUT2D eigenvalue weighted by molar-refractivity contribution is -0.137. The first-order valence-corrected chi connectivity index (χ1v) is 6.28. The van der Waals surface area contributed by atoms with Crippen molar-refractivity contribution in [2.45, 2.75) is 6.18 Å². The zero-order chi connectivity index (χ0) is 15.5. The first-order valence-electron chi connectivity index (χ1n) is 6.28. The second kappa shape index (κ2) is 6.17. The molecular weight excluding hydrogens is 289 g/mol. The third-order valence-electron chi connectivity index (χ3n) is 3.20. The molecule has 1 N–H and O–H groups in total. The van der Waals surface area contributed by atoms with Crippen molar-refractivity contribution in [2.75, 3.05) is 43.6 Å². The molecule has 6 nitrogen and oxygen atoms in total. The molecule has 0 saturated carbocycles. The molecule has 0 atom stereocenters. The highest BCUT2D eigenvalue weighted by Gasteiger charge is 2.36. The highest BCUT2D eigenvalue weighted by Crippen LogP contribution is 2.37. The van der Waals surface area contributed by atoms with Crippen molar-refractivity contribution < 1.29 is 22.8 Å². The van der Waals surface area contributed by atoms with E-state index in [1.165, 1.54) is 6.20 Å². The van der Waals surface area contributed by atoms with Crippen molar-refractivity contribution in [3.05, 3.63) is 17.8 Å². The maximum Gasteiger partial charge on any atom is 0.420 e. The summed E-state index contributed by atoms with van der Waals surface area (Å²) >= 11 is 0. The van der Waals surface area contributed by atoms with Gasteiger partial charge in [-0.25, -0.2) is 10.5 Å². The summed E-state index contributed by atoms with van der Waals surface area (Å²) in [5, 5.41) is 0. The van der Waals surface area contributed by atoms with Crippen LogP contribution in [-0.4, -0.2) is 49.6 Å². The standard InChI is InChI=1S/C12H15F3N4O2/c1-18-2-4-19(5-3-18)11-10(12(13,14)15)6-9(7-16-11)17-21-8-20/h6-8,17H,2-5H2,1H3. The first kappa shape index (κ1) is 15.4. The number of pyridine rings is 1. The monoisotopic (exact) mass is 304 g/mol. The van der Waals surface area contributed by atoms with E-state index in [4.69, 9.17) is 0 Å². The van der Waals surface area contributed by atoms with Gasteiger partial charge in [0.2, 0.25) is 0 Å². The molecule has 0 radical (unpaired) electrons. The van der Waals surface area contributed by atoms with Crippen LogP contribution in [0, 0.1) is 0 Å². The lowest BCUT2D eigenvalue weighted by Gasteiger charge is -2.34. The third kappa shape index (κ3) is 3.75. The van der Waals surface area contributed by atoms with Crippen LogP contribution in [0.4, 0.5) is 24.7 Å². The number of piperazine rings is 1. The van der Waals surface area contributed by atoms with Crippen LogP contribution in [0.15, 0.2) is 12.3 Å². The second-order valence-corrected chi connectivity index (χ2v) is 4.70. The van der Waals surface area contributed by atoms with E-state index in [1.807, 2.05) is 11.9 Å². The maximum absolute atomic E-state index is 13.2. The zero-order valence-corrected chi connectivity index (χ0v) is 11.4. The Kier molecular flexibility index (Phi) is 4.51. The Bertz CT molecular complexity index is 502. The van der Waals surface area contributed by atoms with Crippen molar-refractivity contribution in [3.63, 3.8) is 0 Å². The van der Waals surface area contributed by atoms with Gasteiger partial charge in [0.25, 0.3) is 0 Å². The number of nitrogens with one attached hydrogen (secondary N) is 1. The maximum atomic E-state index is 13.2. The molecule has 0 aromatic carbocycles. The molecule has 1 aliphatic rings. The van der Waals surface area contributed by atoms with Gasteiger partial charge in [0.05, 0.1) is 11.9 Å². The van der Waals surface area contributed by atoms with Crippen LogP contribution >= 0.6 is 0 Å². The lowest BCUT2D eigenvalue weighted by Crippen LogP contribution is -2.45. The Hall–Kier alpha value is -2.03. The van der Waals surface area contributed by atoms with Crippen molar-refractivity contribution in [2.24, 2.45) is 0 Å². The van der Waals surface area contributed by atoms with Crippen LogP contribution in [0.25, 0.3) is 0 Å². The molecule has 21 heavy (non-hydrogen) atoms. The molecule has 1 aliphatic heterocycles. The van der Waals surface area contributed by atoms with Crippen molar-refractivity contribution in [3.8, 4) is 0 Å². The molecule has 1 aromatic rings. The van der Waals surface area contributed by atoms with Gasteiger partial charge in [-0.05, 0) is 13.1 Å². The fourth-order valence-corrected chi connectivity index (χ4v) is 2.08. The van der Waals surface area contributed by atoms with Crippen LogP contribution in [0.2, 0.25) is 0 Å². The molecule has 0 unspecified atom stereocenters. The highest BCUT2D eigenvalue weighted by molar-refractivity contribution is 5.56. The van der Waals surface area contributed by atoms with Crippen molar-refractivity contribution >= 4 is 18.0 Å². The zero-order valence-electron chi connectivity index (χ0n) is 11.4. The molecule has 0 aliphatic carbocycles. The normalized spacial score (nSPS) is 16.7. The predicted molar refractivity (Wildman–Crippen MR) is 69.7 cm³/mol. The summed E-state index contributed by atoms with van der Waals surface area (Å²) in [7, 11) is 1.92. The van der Waals surface area contributed by atoms with Crippen LogP contribution in [0.5, 0.6) is 0 Å². The minimum absolute atomic E-state index is 0.0349. The second-order valence-electron chi connectivity index (χ2n) is 4.70. The highest BCUT2D eigenvalue weighted by atomic mass is 19.4. The van der Waals surface area contributed by atoms with E-state index >= 15 is 0 Å². The van der Waals surface area contributed by atoms with Gasteiger partial charge in [0.1, 0.15) is 11.4 Å². The SMILES string of the molecule is CN1CCN(c2ncc(NOC=O)cc2C(F)(F)F)CC1. The molecule has 1 aromatic heterocycles. The number of rotatable bonds is 4. The predicted octanol–water partition coefficient (Wildman–Crippen LogP) is 1.35. The number of aromatic nitrogens is 1. The number of likely N-dealkylation sites (N-methyl/N-ethyl adjacent to an activating group) is 1. The number of alkyl halides is 3. The molecular formula is C12H15F3N4O2. The van der Waals surface area contributed by atoms with E-state index in [-0.39, 0.29) is 18.0 Å². The van der Waals surface area contributed by atoms with E-state index in [0.717, 1.165) is 6.07 Å². The Balaban J connectivity index is 2.29. The van der Waals surface area contributed by atoms with Gasteiger partial charge in [-0.1, -0.05) is 0 Å². The Labute approximate surface area is 119 Å². The summed E-state index contributed by atoms with van der Waals surface area (Å²) in [6.45, 7) is 2.39. The Morgan fingerprint density at radius 1 is 1.33 bits per heavy atom. The van der Waals surface area contributed by atoms with Gasteiger partial charge in [0.15, 0.2) is 0 Å². The van der Waals surface area contributed by atoms with Gasteiger partial charge in [-0.2, -0.15) is 13.2 Å². The molecule has 9 heteroatoms. The number of hydrogen-bond acceptors (Lipinski definition) is 6. The summed E-state index contributed by atoms with van der Waals surface area (Å²) in [6, 6.07) is 0.879. The number of carbonyl (C=O) groups excluding carboxylic acids is 1. The number of carbonyl (C=O) groups is 1. The Morgan fingerprint density at radius 2 is 2.00 bits per heavy atom. The average molecular weight is 304 g/mol. The van der Waals surface area contributed by atoms with E-state index in [9.17, 15) is 18.0 Å². The topological polar surface area (TPSA) is 57.7 Å². The smallest absolute Gasteiger partial charge is 0.354 e. The third-order valence-corrected chi connectivity index (χ3v) is 3.20. The minimum atomic E-state index is -4.54. The van der Waals surface area contributed by atoms with Crippen LogP contribution in [-0.2, 0) is 15.8 Å². The molecule has 0 bridgehead atoms. The molecule has 2 rings (SSSR count). The molecule has 116 valence electrons. The molecule has 0 spiro atoms. The molecule has 1 fully saturated rings.